The Labute approximate surface area is 110 Å². The first kappa shape index (κ1) is 13.3. The lowest BCUT2D eigenvalue weighted by molar-refractivity contribution is 0.0270. The Bertz CT molecular complexity index is 413. The van der Waals surface area contributed by atoms with E-state index in [-0.39, 0.29) is 12.0 Å². The van der Waals surface area contributed by atoms with E-state index < -0.39 is 11.7 Å². The minimum Gasteiger partial charge on any atom is -0.444 e. The van der Waals surface area contributed by atoms with Gasteiger partial charge in [-0.15, -0.1) is 11.3 Å². The maximum atomic E-state index is 11.9. The predicted octanol–water partition coefficient (Wildman–Crippen LogP) is 1.84. The highest BCUT2D eigenvalue weighted by Crippen LogP contribution is 2.29. The Balaban J connectivity index is 2.00. The molecular weight excluding hydrogens is 252 g/mol. The summed E-state index contributed by atoms with van der Waals surface area (Å²) in [6.07, 6.45) is 0.771. The quantitative estimate of drug-likeness (QED) is 0.845. The fourth-order valence-electron chi connectivity index (χ4n) is 1.92. The van der Waals surface area contributed by atoms with Crippen LogP contribution in [0.2, 0.25) is 0 Å². The summed E-state index contributed by atoms with van der Waals surface area (Å²) in [4.78, 5) is 17.6. The van der Waals surface area contributed by atoms with E-state index in [1.165, 1.54) is 11.3 Å². The van der Waals surface area contributed by atoms with Crippen molar-refractivity contribution in [3.8, 4) is 0 Å². The Kier molecular flexibility index (Phi) is 3.59. The minimum absolute atomic E-state index is 0.0995. The van der Waals surface area contributed by atoms with Crippen molar-refractivity contribution in [3.63, 3.8) is 0 Å². The van der Waals surface area contributed by atoms with E-state index in [2.05, 4.69) is 4.98 Å². The molecule has 0 aromatic carbocycles. The van der Waals surface area contributed by atoms with E-state index in [1.54, 1.807) is 11.1 Å². The molecule has 6 heteroatoms. The maximum absolute atomic E-state index is 11.9. The van der Waals surface area contributed by atoms with Crippen LogP contribution in [0.4, 0.5) is 4.79 Å². The largest absolute Gasteiger partial charge is 0.444 e. The van der Waals surface area contributed by atoms with Crippen LogP contribution in [-0.2, 0) is 4.74 Å². The molecule has 1 aliphatic heterocycles. The van der Waals surface area contributed by atoms with Gasteiger partial charge in [-0.1, -0.05) is 0 Å². The van der Waals surface area contributed by atoms with Crippen LogP contribution in [0.3, 0.4) is 0 Å². The van der Waals surface area contributed by atoms with Crippen molar-refractivity contribution in [2.24, 2.45) is 0 Å². The number of likely N-dealkylation sites (tertiary alicyclic amines) is 1. The fourth-order valence-corrected chi connectivity index (χ4v) is 2.71. The number of carbonyl (C=O) groups excluding carboxylic acids is 1. The second kappa shape index (κ2) is 4.85. The van der Waals surface area contributed by atoms with Crippen molar-refractivity contribution in [2.45, 2.75) is 38.4 Å². The zero-order valence-corrected chi connectivity index (χ0v) is 11.6. The van der Waals surface area contributed by atoms with Gasteiger partial charge < -0.3 is 14.7 Å². The third kappa shape index (κ3) is 3.00. The van der Waals surface area contributed by atoms with Gasteiger partial charge in [0.25, 0.3) is 0 Å². The minimum atomic E-state index is -0.566. The second-order valence-electron chi connectivity index (χ2n) is 5.43. The lowest BCUT2D eigenvalue weighted by Gasteiger charge is -2.24. The Hall–Kier alpha value is -1.14. The van der Waals surface area contributed by atoms with E-state index in [4.69, 9.17) is 4.74 Å². The molecule has 5 nitrogen and oxygen atoms in total. The zero-order chi connectivity index (χ0) is 13.3. The fraction of sp³-hybridized carbons (Fsp3) is 0.667. The van der Waals surface area contributed by atoms with Gasteiger partial charge in [-0.2, -0.15) is 0 Å². The Morgan fingerprint density at radius 2 is 2.28 bits per heavy atom. The predicted molar refractivity (Wildman–Crippen MR) is 68.7 cm³/mol. The van der Waals surface area contributed by atoms with Crippen molar-refractivity contribution in [2.75, 3.05) is 13.1 Å². The third-order valence-corrected chi connectivity index (χ3v) is 3.62. The standard InChI is InChI=1S/C12H18N2O3S/c1-12(2,3)17-11(16)14-6-8(9(15)7-14)10-13-4-5-18-10/h4-5,8-9,15H,6-7H2,1-3H3/t8-,9-/m1/s1. The van der Waals surface area contributed by atoms with Crippen molar-refractivity contribution in [1.82, 2.24) is 9.88 Å². The number of aliphatic hydroxyl groups excluding tert-OH is 1. The number of hydrogen-bond acceptors (Lipinski definition) is 5. The second-order valence-corrected chi connectivity index (χ2v) is 6.36. The van der Waals surface area contributed by atoms with Crippen LogP contribution in [0.1, 0.15) is 31.7 Å². The molecule has 1 aliphatic rings. The van der Waals surface area contributed by atoms with Crippen molar-refractivity contribution >= 4 is 17.4 Å². The first-order valence-corrected chi connectivity index (χ1v) is 6.80. The number of aliphatic hydroxyl groups is 1. The number of ether oxygens (including phenoxy) is 1. The van der Waals surface area contributed by atoms with Gasteiger partial charge in [0.2, 0.25) is 0 Å². The van der Waals surface area contributed by atoms with Crippen molar-refractivity contribution in [3.05, 3.63) is 16.6 Å². The average Bonchev–Trinajstić information content (AvgIpc) is 2.82. The van der Waals surface area contributed by atoms with Gasteiger partial charge in [0.1, 0.15) is 5.60 Å². The summed E-state index contributed by atoms with van der Waals surface area (Å²) >= 11 is 1.50. The molecule has 1 saturated heterocycles. The number of thiazole rings is 1. The molecule has 1 N–H and O–H groups in total. The van der Waals surface area contributed by atoms with Crippen molar-refractivity contribution in [1.29, 1.82) is 0 Å². The van der Waals surface area contributed by atoms with Crippen LogP contribution in [0.5, 0.6) is 0 Å². The van der Waals surface area contributed by atoms with Crippen molar-refractivity contribution < 1.29 is 14.6 Å². The number of β-amino-alcohol motifs (C(OH)–C–C–N with tert-alkyl or cyclic N) is 1. The molecule has 0 saturated carbocycles. The molecular formula is C12H18N2O3S. The SMILES string of the molecule is CC(C)(C)OC(=O)N1C[C@@H](O)[C@H](c2nccs2)C1. The summed E-state index contributed by atoms with van der Waals surface area (Å²) in [5, 5.41) is 12.7. The summed E-state index contributed by atoms with van der Waals surface area (Å²) < 4.78 is 5.29. The summed E-state index contributed by atoms with van der Waals surface area (Å²) in [5.41, 5.74) is -0.513. The highest BCUT2D eigenvalue weighted by molar-refractivity contribution is 7.09. The van der Waals surface area contributed by atoms with Crippen LogP contribution in [0.15, 0.2) is 11.6 Å². The molecule has 100 valence electrons. The molecule has 2 atom stereocenters. The Morgan fingerprint density at radius 1 is 1.56 bits per heavy atom. The number of hydrogen-bond donors (Lipinski definition) is 1. The van der Waals surface area contributed by atoms with Gasteiger partial charge in [0.05, 0.1) is 23.6 Å². The number of nitrogens with zero attached hydrogens (tertiary/aromatic N) is 2. The molecule has 2 rings (SSSR count). The molecule has 0 radical (unpaired) electrons. The smallest absolute Gasteiger partial charge is 0.410 e. The molecule has 1 amide bonds. The molecule has 0 unspecified atom stereocenters. The topological polar surface area (TPSA) is 62.7 Å². The van der Waals surface area contributed by atoms with Crippen LogP contribution in [-0.4, -0.2) is 45.9 Å². The van der Waals surface area contributed by atoms with E-state index in [0.29, 0.717) is 13.1 Å². The first-order valence-electron chi connectivity index (χ1n) is 5.92. The molecule has 2 heterocycles. The number of aromatic nitrogens is 1. The van der Waals surface area contributed by atoms with Crippen LogP contribution >= 0.6 is 11.3 Å². The highest BCUT2D eigenvalue weighted by atomic mass is 32.1. The summed E-state index contributed by atoms with van der Waals surface area (Å²) in [7, 11) is 0. The van der Waals surface area contributed by atoms with Gasteiger partial charge in [-0.3, -0.25) is 0 Å². The van der Waals surface area contributed by atoms with Crippen LogP contribution < -0.4 is 0 Å². The van der Waals surface area contributed by atoms with Crippen LogP contribution in [0, 0.1) is 0 Å². The highest BCUT2D eigenvalue weighted by Gasteiger charge is 2.38. The van der Waals surface area contributed by atoms with E-state index in [1.807, 2.05) is 26.2 Å². The summed E-state index contributed by atoms with van der Waals surface area (Å²) in [6.45, 7) is 6.25. The first-order chi connectivity index (χ1) is 8.37. The van der Waals surface area contributed by atoms with Gasteiger partial charge >= 0.3 is 6.09 Å². The van der Waals surface area contributed by atoms with Crippen LogP contribution in [0.25, 0.3) is 0 Å². The molecule has 1 fully saturated rings. The number of rotatable bonds is 1. The van der Waals surface area contributed by atoms with Gasteiger partial charge in [0, 0.05) is 18.1 Å². The molecule has 1 aromatic rings. The summed E-state index contributed by atoms with van der Waals surface area (Å²) in [5.74, 6) is -0.0995. The Morgan fingerprint density at radius 3 is 2.83 bits per heavy atom. The number of carbonyl (C=O) groups is 1. The van der Waals surface area contributed by atoms with E-state index >= 15 is 0 Å². The molecule has 1 aromatic heterocycles. The van der Waals surface area contributed by atoms with Gasteiger partial charge in [-0.25, -0.2) is 9.78 Å². The third-order valence-electron chi connectivity index (χ3n) is 2.71. The normalized spacial score (nSPS) is 24.3. The lowest BCUT2D eigenvalue weighted by atomic mass is 10.1. The number of amides is 1. The van der Waals surface area contributed by atoms with E-state index in [0.717, 1.165) is 5.01 Å². The summed E-state index contributed by atoms with van der Waals surface area (Å²) in [6, 6.07) is 0. The molecule has 18 heavy (non-hydrogen) atoms. The van der Waals surface area contributed by atoms with Gasteiger partial charge in [-0.05, 0) is 20.8 Å². The molecule has 0 aliphatic carbocycles. The molecule has 0 spiro atoms. The zero-order valence-electron chi connectivity index (χ0n) is 10.8. The van der Waals surface area contributed by atoms with Gasteiger partial charge in [0.15, 0.2) is 0 Å². The average molecular weight is 270 g/mol. The van der Waals surface area contributed by atoms with E-state index in [9.17, 15) is 9.90 Å². The molecule has 0 bridgehead atoms. The maximum Gasteiger partial charge on any atom is 0.410 e. The lowest BCUT2D eigenvalue weighted by Crippen LogP contribution is -2.35. The monoisotopic (exact) mass is 270 g/mol.